The van der Waals surface area contributed by atoms with Crippen molar-refractivity contribution in [3.8, 4) is 0 Å². The van der Waals surface area contributed by atoms with Crippen LogP contribution in [0, 0.1) is 19.3 Å². The molecule has 2 atom stereocenters. The Labute approximate surface area is 131 Å². The van der Waals surface area contributed by atoms with Gasteiger partial charge in [-0.15, -0.1) is 11.3 Å². The van der Waals surface area contributed by atoms with E-state index in [2.05, 4.69) is 61.4 Å². The molecular formula is C16H26N4S. The molecule has 0 fully saturated rings. The van der Waals surface area contributed by atoms with E-state index in [1.807, 2.05) is 18.7 Å². The first kappa shape index (κ1) is 16.2. The van der Waals surface area contributed by atoms with E-state index < -0.39 is 0 Å². The fraction of sp³-hybridized carbons (Fsp3) is 0.625. The Morgan fingerprint density at radius 2 is 2.05 bits per heavy atom. The Kier molecular flexibility index (Phi) is 4.84. The van der Waals surface area contributed by atoms with E-state index in [1.54, 1.807) is 11.3 Å². The smallest absolute Gasteiger partial charge is 0.0946 e. The molecule has 2 aromatic rings. The van der Waals surface area contributed by atoms with Gasteiger partial charge in [0.1, 0.15) is 0 Å². The molecule has 0 amide bonds. The van der Waals surface area contributed by atoms with E-state index in [4.69, 9.17) is 0 Å². The lowest BCUT2D eigenvalue weighted by molar-refractivity contribution is 0.224. The minimum Gasteiger partial charge on any atom is -0.336 e. The van der Waals surface area contributed by atoms with Crippen LogP contribution in [0.2, 0.25) is 0 Å². The second kappa shape index (κ2) is 6.28. The van der Waals surface area contributed by atoms with Crippen LogP contribution in [0.25, 0.3) is 0 Å². The standard InChI is InChI=1S/C16H26N4S/c1-11(15-12(2)21-13(3)19-15)18-14(16(4,5)6)9-20-8-7-17-10-20/h7-8,10-11,14,18H,9H2,1-6H3. The van der Waals surface area contributed by atoms with Crippen molar-refractivity contribution in [1.82, 2.24) is 19.9 Å². The molecule has 4 nitrogen and oxygen atoms in total. The van der Waals surface area contributed by atoms with Gasteiger partial charge in [-0.2, -0.15) is 0 Å². The van der Waals surface area contributed by atoms with Gasteiger partial charge < -0.3 is 9.88 Å². The van der Waals surface area contributed by atoms with Crippen LogP contribution in [0.15, 0.2) is 18.7 Å². The molecule has 0 saturated carbocycles. The molecule has 116 valence electrons. The molecule has 0 aromatic carbocycles. The van der Waals surface area contributed by atoms with Crippen LogP contribution < -0.4 is 5.32 Å². The molecule has 0 bridgehead atoms. The van der Waals surface area contributed by atoms with Crippen LogP contribution in [-0.2, 0) is 6.54 Å². The topological polar surface area (TPSA) is 42.7 Å². The lowest BCUT2D eigenvalue weighted by Gasteiger charge is -2.34. The second-order valence-electron chi connectivity index (χ2n) is 6.74. The Bertz CT molecular complexity index is 566. The van der Waals surface area contributed by atoms with Gasteiger partial charge in [0, 0.05) is 35.9 Å². The molecule has 0 aliphatic carbocycles. The first-order valence-corrected chi connectivity index (χ1v) is 8.24. The summed E-state index contributed by atoms with van der Waals surface area (Å²) in [6, 6.07) is 0.603. The fourth-order valence-electron chi connectivity index (χ4n) is 2.51. The van der Waals surface area contributed by atoms with Gasteiger partial charge in [-0.3, -0.25) is 0 Å². The average Bonchev–Trinajstić information content (AvgIpc) is 2.96. The number of rotatable bonds is 5. The highest BCUT2D eigenvalue weighted by atomic mass is 32.1. The maximum absolute atomic E-state index is 4.68. The van der Waals surface area contributed by atoms with E-state index >= 15 is 0 Å². The van der Waals surface area contributed by atoms with Gasteiger partial charge in [-0.05, 0) is 26.2 Å². The third kappa shape index (κ3) is 4.14. The van der Waals surface area contributed by atoms with Gasteiger partial charge in [0.15, 0.2) is 0 Å². The normalized spacial score (nSPS) is 15.1. The highest BCUT2D eigenvalue weighted by Gasteiger charge is 2.27. The van der Waals surface area contributed by atoms with Crippen molar-refractivity contribution < 1.29 is 0 Å². The Morgan fingerprint density at radius 3 is 2.52 bits per heavy atom. The van der Waals surface area contributed by atoms with E-state index in [-0.39, 0.29) is 11.5 Å². The summed E-state index contributed by atoms with van der Waals surface area (Å²) in [6.07, 6.45) is 5.73. The molecule has 0 saturated heterocycles. The molecule has 21 heavy (non-hydrogen) atoms. The van der Waals surface area contributed by atoms with Gasteiger partial charge >= 0.3 is 0 Å². The van der Waals surface area contributed by atoms with Crippen LogP contribution in [0.5, 0.6) is 0 Å². The summed E-state index contributed by atoms with van der Waals surface area (Å²) in [5.41, 5.74) is 1.34. The first-order valence-electron chi connectivity index (χ1n) is 7.43. The van der Waals surface area contributed by atoms with Crippen molar-refractivity contribution in [2.24, 2.45) is 5.41 Å². The van der Waals surface area contributed by atoms with Crippen LogP contribution in [-0.4, -0.2) is 20.6 Å². The lowest BCUT2D eigenvalue weighted by Crippen LogP contribution is -2.44. The van der Waals surface area contributed by atoms with Crippen LogP contribution >= 0.6 is 11.3 Å². The number of hydrogen-bond donors (Lipinski definition) is 1. The van der Waals surface area contributed by atoms with Gasteiger partial charge in [0.05, 0.1) is 17.0 Å². The van der Waals surface area contributed by atoms with Crippen molar-refractivity contribution >= 4 is 11.3 Å². The average molecular weight is 306 g/mol. The second-order valence-corrected chi connectivity index (χ2v) is 8.15. The van der Waals surface area contributed by atoms with Crippen molar-refractivity contribution in [2.45, 2.75) is 60.2 Å². The molecule has 0 radical (unpaired) electrons. The summed E-state index contributed by atoms with van der Waals surface area (Å²) in [7, 11) is 0. The van der Waals surface area contributed by atoms with Gasteiger partial charge in [0.25, 0.3) is 0 Å². The molecule has 2 rings (SSSR count). The number of thiazole rings is 1. The van der Waals surface area contributed by atoms with E-state index in [1.165, 1.54) is 10.6 Å². The Balaban J connectivity index is 2.13. The van der Waals surface area contributed by atoms with Crippen LogP contribution in [0.1, 0.15) is 49.3 Å². The number of imidazole rings is 1. The van der Waals surface area contributed by atoms with E-state index in [0.717, 1.165) is 11.6 Å². The van der Waals surface area contributed by atoms with E-state index in [0.29, 0.717) is 6.04 Å². The third-order valence-corrected chi connectivity index (χ3v) is 4.70. The maximum atomic E-state index is 4.68. The molecule has 0 aliphatic heterocycles. The summed E-state index contributed by atoms with van der Waals surface area (Å²) in [6.45, 7) is 14.2. The molecule has 1 N–H and O–H groups in total. The summed E-state index contributed by atoms with van der Waals surface area (Å²) in [5.74, 6) is 0. The van der Waals surface area contributed by atoms with E-state index in [9.17, 15) is 0 Å². The molecule has 5 heteroatoms. The summed E-state index contributed by atoms with van der Waals surface area (Å²) in [4.78, 5) is 10.1. The zero-order valence-corrected chi connectivity index (χ0v) is 14.7. The maximum Gasteiger partial charge on any atom is 0.0946 e. The van der Waals surface area contributed by atoms with Crippen molar-refractivity contribution in [3.63, 3.8) is 0 Å². The largest absolute Gasteiger partial charge is 0.336 e. The van der Waals surface area contributed by atoms with Crippen LogP contribution in [0.4, 0.5) is 0 Å². The number of nitrogens with one attached hydrogen (secondary N) is 1. The minimum atomic E-state index is 0.164. The summed E-state index contributed by atoms with van der Waals surface area (Å²) in [5, 5.41) is 4.90. The highest BCUT2D eigenvalue weighted by Crippen LogP contribution is 2.27. The first-order chi connectivity index (χ1) is 9.77. The monoisotopic (exact) mass is 306 g/mol. The third-order valence-electron chi connectivity index (χ3n) is 3.80. The lowest BCUT2D eigenvalue weighted by atomic mass is 9.86. The predicted molar refractivity (Wildman–Crippen MR) is 88.6 cm³/mol. The minimum absolute atomic E-state index is 0.164. The van der Waals surface area contributed by atoms with Gasteiger partial charge in [0.2, 0.25) is 0 Å². The number of aromatic nitrogens is 3. The molecule has 2 unspecified atom stereocenters. The molecule has 2 heterocycles. The van der Waals surface area contributed by atoms with Crippen molar-refractivity contribution in [1.29, 1.82) is 0 Å². The number of nitrogens with zero attached hydrogens (tertiary/aromatic N) is 3. The van der Waals surface area contributed by atoms with Gasteiger partial charge in [-0.1, -0.05) is 20.8 Å². The summed E-state index contributed by atoms with van der Waals surface area (Å²) < 4.78 is 2.13. The summed E-state index contributed by atoms with van der Waals surface area (Å²) >= 11 is 1.77. The number of hydrogen-bond acceptors (Lipinski definition) is 4. The Morgan fingerprint density at radius 1 is 1.33 bits per heavy atom. The zero-order chi connectivity index (χ0) is 15.6. The molecule has 0 aliphatic rings. The molecular weight excluding hydrogens is 280 g/mol. The predicted octanol–water partition coefficient (Wildman–Crippen LogP) is 3.72. The van der Waals surface area contributed by atoms with Crippen molar-refractivity contribution in [3.05, 3.63) is 34.3 Å². The fourth-order valence-corrected chi connectivity index (χ4v) is 3.42. The Hall–Kier alpha value is -1.20. The van der Waals surface area contributed by atoms with Crippen molar-refractivity contribution in [2.75, 3.05) is 0 Å². The van der Waals surface area contributed by atoms with Gasteiger partial charge in [-0.25, -0.2) is 9.97 Å². The highest BCUT2D eigenvalue weighted by molar-refractivity contribution is 7.11. The van der Waals surface area contributed by atoms with Crippen LogP contribution in [0.3, 0.4) is 0 Å². The number of aryl methyl sites for hydroxylation is 2. The quantitative estimate of drug-likeness (QED) is 0.915. The SMILES string of the molecule is Cc1nc(C(C)NC(Cn2ccnc2)C(C)(C)C)c(C)s1. The molecule has 0 spiro atoms. The zero-order valence-electron chi connectivity index (χ0n) is 13.8. The molecule has 2 aromatic heterocycles.